The van der Waals surface area contributed by atoms with E-state index in [1.807, 2.05) is 0 Å². The molecule has 2 fully saturated rings. The van der Waals surface area contributed by atoms with Crippen LogP contribution in [0.2, 0.25) is 0 Å². The van der Waals surface area contributed by atoms with E-state index in [4.69, 9.17) is 4.74 Å². The smallest absolute Gasteiger partial charge is 0.410 e. The molecule has 1 spiro atoms. The van der Waals surface area contributed by atoms with Gasteiger partial charge in [-0.05, 0) is 24.7 Å². The highest BCUT2D eigenvalue weighted by Crippen LogP contribution is 2.52. The van der Waals surface area contributed by atoms with Crippen molar-refractivity contribution in [1.29, 1.82) is 0 Å². The molecule has 2 rings (SSSR count). The Balaban J connectivity index is 2.00. The molecule has 1 heterocycles. The summed E-state index contributed by atoms with van der Waals surface area (Å²) < 4.78 is 4.95. The molecule has 1 saturated carbocycles. The van der Waals surface area contributed by atoms with E-state index in [0.717, 1.165) is 25.7 Å². The number of carboxylic acid groups (broad SMARTS) is 1. The standard InChI is InChI=1S/C13H19NO4/c1-2-8-18-12(17)14-7-6-13(4-3-5-13)10(9-14)11(15)16/h2,10H,1,3-9H2,(H,15,16). The third kappa shape index (κ3) is 2.21. The molecule has 0 aromatic rings. The third-order valence-corrected chi connectivity index (χ3v) is 4.25. The Morgan fingerprint density at radius 3 is 2.67 bits per heavy atom. The molecule has 1 aliphatic heterocycles. The van der Waals surface area contributed by atoms with E-state index in [-0.39, 0.29) is 18.6 Å². The fourth-order valence-electron chi connectivity index (χ4n) is 2.99. The zero-order valence-electron chi connectivity index (χ0n) is 10.4. The summed E-state index contributed by atoms with van der Waals surface area (Å²) >= 11 is 0. The van der Waals surface area contributed by atoms with Crippen LogP contribution in [0.25, 0.3) is 0 Å². The van der Waals surface area contributed by atoms with Crippen LogP contribution in [0.5, 0.6) is 0 Å². The number of carboxylic acids is 1. The normalized spacial score (nSPS) is 25.3. The van der Waals surface area contributed by atoms with Crippen LogP contribution in [0.15, 0.2) is 12.7 Å². The summed E-state index contributed by atoms with van der Waals surface area (Å²) in [6.45, 7) is 4.51. The van der Waals surface area contributed by atoms with Gasteiger partial charge in [0.1, 0.15) is 6.61 Å². The van der Waals surface area contributed by atoms with Gasteiger partial charge in [-0.25, -0.2) is 4.79 Å². The number of hydrogen-bond donors (Lipinski definition) is 1. The number of aliphatic carboxylic acids is 1. The highest BCUT2D eigenvalue weighted by Gasteiger charge is 2.51. The van der Waals surface area contributed by atoms with Gasteiger partial charge in [-0.1, -0.05) is 19.1 Å². The number of amides is 1. The zero-order valence-corrected chi connectivity index (χ0v) is 10.4. The first-order valence-electron chi connectivity index (χ1n) is 6.34. The van der Waals surface area contributed by atoms with E-state index < -0.39 is 18.0 Å². The molecule has 1 saturated heterocycles. The maximum Gasteiger partial charge on any atom is 0.410 e. The predicted octanol–water partition coefficient (Wildman–Crippen LogP) is 1.89. The van der Waals surface area contributed by atoms with Crippen LogP contribution in [0.3, 0.4) is 0 Å². The van der Waals surface area contributed by atoms with Crippen molar-refractivity contribution in [3.63, 3.8) is 0 Å². The van der Waals surface area contributed by atoms with Gasteiger partial charge in [-0.2, -0.15) is 0 Å². The largest absolute Gasteiger partial charge is 0.481 e. The lowest BCUT2D eigenvalue weighted by molar-refractivity contribution is -0.154. The molecule has 1 atom stereocenters. The highest BCUT2D eigenvalue weighted by molar-refractivity contribution is 5.74. The van der Waals surface area contributed by atoms with Crippen molar-refractivity contribution in [3.8, 4) is 0 Å². The van der Waals surface area contributed by atoms with E-state index in [1.165, 1.54) is 11.0 Å². The van der Waals surface area contributed by atoms with Crippen LogP contribution in [0.4, 0.5) is 4.79 Å². The van der Waals surface area contributed by atoms with Crippen LogP contribution < -0.4 is 0 Å². The van der Waals surface area contributed by atoms with Crippen molar-refractivity contribution in [1.82, 2.24) is 4.90 Å². The summed E-state index contributed by atoms with van der Waals surface area (Å²) in [6.07, 6.45) is 4.89. The lowest BCUT2D eigenvalue weighted by Gasteiger charge is -2.51. The number of nitrogens with zero attached hydrogens (tertiary/aromatic N) is 1. The molecule has 0 bridgehead atoms. The van der Waals surface area contributed by atoms with Crippen LogP contribution >= 0.6 is 0 Å². The highest BCUT2D eigenvalue weighted by atomic mass is 16.6. The van der Waals surface area contributed by atoms with Crippen molar-refractivity contribution in [2.24, 2.45) is 11.3 Å². The van der Waals surface area contributed by atoms with Gasteiger partial charge in [0, 0.05) is 13.1 Å². The Labute approximate surface area is 106 Å². The number of hydrogen-bond acceptors (Lipinski definition) is 3. The Morgan fingerprint density at radius 1 is 1.44 bits per heavy atom. The van der Waals surface area contributed by atoms with Gasteiger partial charge in [0.15, 0.2) is 0 Å². The fourth-order valence-corrected chi connectivity index (χ4v) is 2.99. The Kier molecular flexibility index (Phi) is 3.59. The molecule has 2 aliphatic rings. The van der Waals surface area contributed by atoms with Gasteiger partial charge in [-0.3, -0.25) is 4.79 Å². The summed E-state index contributed by atoms with van der Waals surface area (Å²) in [6, 6.07) is 0. The quantitative estimate of drug-likeness (QED) is 0.780. The van der Waals surface area contributed by atoms with Crippen LogP contribution in [0.1, 0.15) is 25.7 Å². The van der Waals surface area contributed by atoms with Gasteiger partial charge in [0.25, 0.3) is 0 Å². The van der Waals surface area contributed by atoms with Crippen LogP contribution in [0, 0.1) is 11.3 Å². The molecular weight excluding hydrogens is 234 g/mol. The average Bonchev–Trinajstić information content (AvgIpc) is 2.33. The van der Waals surface area contributed by atoms with E-state index in [0.29, 0.717) is 6.54 Å². The summed E-state index contributed by atoms with van der Waals surface area (Å²) in [7, 11) is 0. The van der Waals surface area contributed by atoms with Gasteiger partial charge >= 0.3 is 12.1 Å². The zero-order chi connectivity index (χ0) is 13.2. The Morgan fingerprint density at radius 2 is 2.17 bits per heavy atom. The summed E-state index contributed by atoms with van der Waals surface area (Å²) in [5.41, 5.74) is -0.0684. The fraction of sp³-hybridized carbons (Fsp3) is 0.692. The molecule has 100 valence electrons. The number of carbonyl (C=O) groups is 2. The van der Waals surface area contributed by atoms with Crippen molar-refractivity contribution >= 4 is 12.1 Å². The topological polar surface area (TPSA) is 66.8 Å². The van der Waals surface area contributed by atoms with Crippen molar-refractivity contribution in [2.75, 3.05) is 19.7 Å². The minimum atomic E-state index is -0.795. The van der Waals surface area contributed by atoms with Gasteiger partial charge in [-0.15, -0.1) is 0 Å². The number of ether oxygens (including phenoxy) is 1. The molecule has 0 aromatic heterocycles. The minimum Gasteiger partial charge on any atom is -0.481 e. The first-order chi connectivity index (χ1) is 8.59. The lowest BCUT2D eigenvalue weighted by atomic mass is 9.57. The molecule has 5 nitrogen and oxygen atoms in total. The first kappa shape index (κ1) is 12.9. The number of carbonyl (C=O) groups excluding carboxylic acids is 1. The molecule has 0 radical (unpaired) electrons. The van der Waals surface area contributed by atoms with Gasteiger partial charge < -0.3 is 14.7 Å². The SMILES string of the molecule is C=CCOC(=O)N1CCC2(CCC2)C(C(=O)O)C1. The first-order valence-corrected chi connectivity index (χ1v) is 6.34. The van der Waals surface area contributed by atoms with Gasteiger partial charge in [0.2, 0.25) is 0 Å². The second-order valence-corrected chi connectivity index (χ2v) is 5.17. The summed E-state index contributed by atoms with van der Waals surface area (Å²) in [4.78, 5) is 24.6. The Bertz CT molecular complexity index is 362. The van der Waals surface area contributed by atoms with Gasteiger partial charge in [0.05, 0.1) is 5.92 Å². The number of rotatable bonds is 3. The van der Waals surface area contributed by atoms with E-state index >= 15 is 0 Å². The molecule has 18 heavy (non-hydrogen) atoms. The van der Waals surface area contributed by atoms with Crippen molar-refractivity contribution < 1.29 is 19.4 Å². The second kappa shape index (κ2) is 5.00. The van der Waals surface area contributed by atoms with Crippen LogP contribution in [-0.2, 0) is 9.53 Å². The monoisotopic (exact) mass is 253 g/mol. The van der Waals surface area contributed by atoms with E-state index in [9.17, 15) is 14.7 Å². The minimum absolute atomic E-state index is 0.0684. The predicted molar refractivity (Wildman–Crippen MR) is 65.1 cm³/mol. The molecule has 1 amide bonds. The van der Waals surface area contributed by atoms with Crippen molar-refractivity contribution in [3.05, 3.63) is 12.7 Å². The molecule has 1 unspecified atom stereocenters. The maximum absolute atomic E-state index is 11.7. The van der Waals surface area contributed by atoms with E-state index in [1.54, 1.807) is 0 Å². The molecular formula is C13H19NO4. The second-order valence-electron chi connectivity index (χ2n) is 5.17. The van der Waals surface area contributed by atoms with Crippen molar-refractivity contribution in [2.45, 2.75) is 25.7 Å². The molecule has 5 heteroatoms. The summed E-state index contributed by atoms with van der Waals surface area (Å²) in [5.74, 6) is -1.24. The molecule has 0 aromatic carbocycles. The lowest BCUT2D eigenvalue weighted by Crippen LogP contribution is -2.54. The number of piperidine rings is 1. The Hall–Kier alpha value is -1.52. The third-order valence-electron chi connectivity index (χ3n) is 4.25. The average molecular weight is 253 g/mol. The number of likely N-dealkylation sites (tertiary alicyclic amines) is 1. The van der Waals surface area contributed by atoms with E-state index in [2.05, 4.69) is 6.58 Å². The van der Waals surface area contributed by atoms with Crippen LogP contribution in [-0.4, -0.2) is 41.8 Å². The molecule has 1 N–H and O–H groups in total. The maximum atomic E-state index is 11.7. The molecule has 1 aliphatic carbocycles. The summed E-state index contributed by atoms with van der Waals surface area (Å²) in [5, 5.41) is 9.32.